The van der Waals surface area contributed by atoms with Crippen molar-refractivity contribution in [3.8, 4) is 17.1 Å². The Kier molecular flexibility index (Phi) is 4.14. The summed E-state index contributed by atoms with van der Waals surface area (Å²) in [6.45, 7) is 3.91. The Balaban J connectivity index is 1.89. The Morgan fingerprint density at radius 2 is 1.83 bits per heavy atom. The Hall–Kier alpha value is -3.02. The number of carbonyl (C=O) groups is 1. The maximum absolute atomic E-state index is 11.7. The first-order chi connectivity index (χ1) is 11.2. The SMILES string of the molecule is CCOC(=O)c1cc(C)n(-c2ncc(-c3ccccc3)cn2)n1. The fraction of sp³-hybridized carbons (Fsp3) is 0.176. The van der Waals surface area contributed by atoms with Crippen molar-refractivity contribution < 1.29 is 9.53 Å². The van der Waals surface area contributed by atoms with Gasteiger partial charge in [0, 0.05) is 23.7 Å². The quantitative estimate of drug-likeness (QED) is 0.693. The lowest BCUT2D eigenvalue weighted by molar-refractivity contribution is 0.0519. The topological polar surface area (TPSA) is 69.9 Å². The second-order valence-electron chi connectivity index (χ2n) is 4.94. The molecule has 3 aromatic rings. The maximum atomic E-state index is 11.7. The normalized spacial score (nSPS) is 10.5. The van der Waals surface area contributed by atoms with Crippen molar-refractivity contribution in [3.05, 3.63) is 60.2 Å². The molecule has 23 heavy (non-hydrogen) atoms. The fourth-order valence-electron chi connectivity index (χ4n) is 2.19. The van der Waals surface area contributed by atoms with Crippen LogP contribution in [0.1, 0.15) is 23.1 Å². The van der Waals surface area contributed by atoms with E-state index >= 15 is 0 Å². The molecule has 0 radical (unpaired) electrons. The van der Waals surface area contributed by atoms with Gasteiger partial charge < -0.3 is 4.74 Å². The molecule has 116 valence electrons. The van der Waals surface area contributed by atoms with Crippen molar-refractivity contribution in [2.24, 2.45) is 0 Å². The summed E-state index contributed by atoms with van der Waals surface area (Å²) in [5, 5.41) is 4.22. The van der Waals surface area contributed by atoms with Crippen LogP contribution in [-0.4, -0.2) is 32.3 Å². The van der Waals surface area contributed by atoms with Crippen LogP contribution in [0.2, 0.25) is 0 Å². The van der Waals surface area contributed by atoms with Crippen LogP contribution in [0, 0.1) is 6.92 Å². The van der Waals surface area contributed by atoms with Crippen LogP contribution in [-0.2, 0) is 4.74 Å². The summed E-state index contributed by atoms with van der Waals surface area (Å²) < 4.78 is 6.48. The molecule has 0 unspecified atom stereocenters. The largest absolute Gasteiger partial charge is 0.461 e. The van der Waals surface area contributed by atoms with Gasteiger partial charge in [0.2, 0.25) is 0 Å². The Bertz CT molecular complexity index is 810. The third kappa shape index (κ3) is 3.11. The van der Waals surface area contributed by atoms with Crippen molar-refractivity contribution in [1.29, 1.82) is 0 Å². The summed E-state index contributed by atoms with van der Waals surface area (Å²) >= 11 is 0. The van der Waals surface area contributed by atoms with E-state index < -0.39 is 5.97 Å². The van der Waals surface area contributed by atoms with Gasteiger partial charge in [0.15, 0.2) is 5.69 Å². The van der Waals surface area contributed by atoms with E-state index in [0.29, 0.717) is 12.6 Å². The molecule has 0 saturated heterocycles. The highest BCUT2D eigenvalue weighted by Gasteiger charge is 2.15. The molecule has 2 heterocycles. The summed E-state index contributed by atoms with van der Waals surface area (Å²) in [5.41, 5.74) is 2.98. The van der Waals surface area contributed by atoms with E-state index in [0.717, 1.165) is 16.8 Å². The van der Waals surface area contributed by atoms with Crippen LogP contribution in [0.5, 0.6) is 0 Å². The van der Waals surface area contributed by atoms with E-state index in [1.165, 1.54) is 4.68 Å². The second-order valence-corrected chi connectivity index (χ2v) is 4.94. The fourth-order valence-corrected chi connectivity index (χ4v) is 2.19. The van der Waals surface area contributed by atoms with Crippen molar-refractivity contribution in [1.82, 2.24) is 19.7 Å². The van der Waals surface area contributed by atoms with Crippen molar-refractivity contribution in [2.45, 2.75) is 13.8 Å². The zero-order valence-electron chi connectivity index (χ0n) is 12.9. The van der Waals surface area contributed by atoms with Gasteiger partial charge in [-0.25, -0.2) is 19.4 Å². The van der Waals surface area contributed by atoms with Crippen LogP contribution in [0.4, 0.5) is 0 Å². The average Bonchev–Trinajstić information content (AvgIpc) is 2.98. The third-order valence-electron chi connectivity index (χ3n) is 3.31. The number of aromatic nitrogens is 4. The highest BCUT2D eigenvalue weighted by Crippen LogP contribution is 2.17. The first-order valence-electron chi connectivity index (χ1n) is 7.30. The predicted octanol–water partition coefficient (Wildman–Crippen LogP) is 2.81. The number of hydrogen-bond donors (Lipinski definition) is 0. The Labute approximate surface area is 133 Å². The lowest BCUT2D eigenvalue weighted by Gasteiger charge is -2.04. The molecule has 0 atom stereocenters. The summed E-state index contributed by atoms with van der Waals surface area (Å²) in [4.78, 5) is 20.4. The second kappa shape index (κ2) is 6.39. The maximum Gasteiger partial charge on any atom is 0.358 e. The van der Waals surface area contributed by atoms with Crippen molar-refractivity contribution >= 4 is 5.97 Å². The van der Waals surface area contributed by atoms with Gasteiger partial charge in [0.25, 0.3) is 5.95 Å². The smallest absolute Gasteiger partial charge is 0.358 e. The van der Waals surface area contributed by atoms with E-state index in [9.17, 15) is 4.79 Å². The van der Waals surface area contributed by atoms with Gasteiger partial charge in [-0.2, -0.15) is 5.10 Å². The molecule has 0 amide bonds. The van der Waals surface area contributed by atoms with Crippen LogP contribution in [0.3, 0.4) is 0 Å². The summed E-state index contributed by atoms with van der Waals surface area (Å²) in [7, 11) is 0. The first-order valence-corrected chi connectivity index (χ1v) is 7.30. The molecule has 0 aliphatic carbocycles. The van der Waals surface area contributed by atoms with E-state index in [-0.39, 0.29) is 5.69 Å². The number of hydrogen-bond acceptors (Lipinski definition) is 5. The molecule has 6 heteroatoms. The lowest BCUT2D eigenvalue weighted by Crippen LogP contribution is -2.08. The number of rotatable bonds is 4. The number of ether oxygens (including phenoxy) is 1. The molecule has 2 aromatic heterocycles. The monoisotopic (exact) mass is 308 g/mol. The molecule has 1 aromatic carbocycles. The Morgan fingerprint density at radius 3 is 2.48 bits per heavy atom. The van der Waals surface area contributed by atoms with Crippen LogP contribution < -0.4 is 0 Å². The first kappa shape index (κ1) is 14.9. The van der Waals surface area contributed by atoms with E-state index in [1.54, 1.807) is 25.4 Å². The van der Waals surface area contributed by atoms with Gasteiger partial charge in [-0.05, 0) is 25.5 Å². The van der Waals surface area contributed by atoms with Crippen LogP contribution in [0.15, 0.2) is 48.8 Å². The molecular formula is C17H16N4O2. The Morgan fingerprint density at radius 1 is 1.13 bits per heavy atom. The number of nitrogens with zero attached hydrogens (tertiary/aromatic N) is 4. The number of aryl methyl sites for hydroxylation is 1. The highest BCUT2D eigenvalue weighted by molar-refractivity contribution is 5.87. The third-order valence-corrected chi connectivity index (χ3v) is 3.31. The van der Waals surface area contributed by atoms with Gasteiger partial charge >= 0.3 is 5.97 Å². The number of esters is 1. The summed E-state index contributed by atoms with van der Waals surface area (Å²) in [6.07, 6.45) is 3.48. The molecule has 0 bridgehead atoms. The van der Waals surface area contributed by atoms with Crippen molar-refractivity contribution in [3.63, 3.8) is 0 Å². The van der Waals surface area contributed by atoms with E-state index in [1.807, 2.05) is 37.3 Å². The lowest BCUT2D eigenvalue weighted by atomic mass is 10.1. The summed E-state index contributed by atoms with van der Waals surface area (Å²) in [6, 6.07) is 11.5. The molecule has 0 fully saturated rings. The molecule has 0 aliphatic rings. The predicted molar refractivity (Wildman–Crippen MR) is 85.3 cm³/mol. The van der Waals surface area contributed by atoms with Gasteiger partial charge in [-0.1, -0.05) is 30.3 Å². The summed E-state index contributed by atoms with van der Waals surface area (Å²) in [5.74, 6) is -0.0343. The zero-order chi connectivity index (χ0) is 16.2. The van der Waals surface area contributed by atoms with Crippen molar-refractivity contribution in [2.75, 3.05) is 6.61 Å². The van der Waals surface area contributed by atoms with Crippen LogP contribution in [0.25, 0.3) is 17.1 Å². The van der Waals surface area contributed by atoms with E-state index in [4.69, 9.17) is 4.74 Å². The minimum Gasteiger partial charge on any atom is -0.461 e. The molecule has 0 aliphatic heterocycles. The average molecular weight is 308 g/mol. The van der Waals surface area contributed by atoms with Crippen LogP contribution >= 0.6 is 0 Å². The van der Waals surface area contributed by atoms with Gasteiger partial charge in [-0.15, -0.1) is 0 Å². The van der Waals surface area contributed by atoms with Gasteiger partial charge in [-0.3, -0.25) is 0 Å². The molecule has 6 nitrogen and oxygen atoms in total. The highest BCUT2D eigenvalue weighted by atomic mass is 16.5. The molecule has 0 saturated carbocycles. The minimum absolute atomic E-state index is 0.250. The standard InChI is InChI=1S/C17H16N4O2/c1-3-23-16(22)15-9-12(2)21(20-15)17-18-10-14(11-19-17)13-7-5-4-6-8-13/h4-11H,3H2,1-2H3. The zero-order valence-corrected chi connectivity index (χ0v) is 12.9. The van der Waals surface area contributed by atoms with E-state index in [2.05, 4.69) is 15.1 Å². The molecule has 0 spiro atoms. The molecule has 3 rings (SSSR count). The number of benzene rings is 1. The molecular weight excluding hydrogens is 292 g/mol. The molecule has 0 N–H and O–H groups in total. The van der Waals surface area contributed by atoms with Gasteiger partial charge in [0.05, 0.1) is 6.61 Å². The minimum atomic E-state index is -0.449. The van der Waals surface area contributed by atoms with Gasteiger partial charge in [0.1, 0.15) is 0 Å². The number of carbonyl (C=O) groups excluding carboxylic acids is 1.